The van der Waals surface area contributed by atoms with Gasteiger partial charge in [0.2, 0.25) is 6.08 Å². The van der Waals surface area contributed by atoms with E-state index in [4.69, 9.17) is 45.0 Å². The second-order valence-electron chi connectivity index (χ2n) is 1.68. The molecular weight excluding hydrogens is 208 g/mol. The summed E-state index contributed by atoms with van der Waals surface area (Å²) in [6.07, 6.45) is 3.65. The van der Waals surface area contributed by atoms with Crippen molar-refractivity contribution in [2.75, 3.05) is 5.88 Å². The first-order valence-electron chi connectivity index (χ1n) is 3.07. The molecule has 0 heterocycles. The Hall–Kier alpha value is 0.250. The van der Waals surface area contributed by atoms with E-state index < -0.39 is 0 Å². The zero-order valence-corrected chi connectivity index (χ0v) is 8.22. The molecule has 2 nitrogen and oxygen atoms in total. The summed E-state index contributed by atoms with van der Waals surface area (Å²) in [7, 11) is 0. The Bertz CT molecular complexity index is 102. The molecule has 0 aromatic heterocycles. The average molecular weight is 219 g/mol. The smallest absolute Gasteiger partial charge is 0.222 e. The maximum absolute atomic E-state index is 8.35. The molecule has 0 radical (unpaired) electrons. The summed E-state index contributed by atoms with van der Waals surface area (Å²) in [6, 6.07) is 0. The number of unbranched alkanes of at least 4 members (excludes halogenated alkanes) is 1. The summed E-state index contributed by atoms with van der Waals surface area (Å²) in [4.78, 5) is 8.14. The van der Waals surface area contributed by atoms with Crippen LogP contribution in [0.5, 0.6) is 0 Å². The minimum atomic E-state index is -0.210. The molecule has 0 atom stereocenters. The lowest BCUT2D eigenvalue weighted by Gasteiger charge is -1.96. The normalized spacial score (nSPS) is 8.36. The molecule has 0 aliphatic heterocycles. The van der Waals surface area contributed by atoms with Crippen LogP contribution in [0, 0.1) is 5.41 Å². The van der Waals surface area contributed by atoms with E-state index >= 15 is 0 Å². The molecule has 1 N–H and O–H groups in total. The number of nitrogens with one attached hydrogen (secondary N) is 1. The number of alkyl halides is 3. The molecule has 0 unspecified atom stereocenters. The molecule has 0 saturated heterocycles. The Labute approximate surface area is 81.3 Å². The minimum Gasteiger partial charge on any atom is -0.222 e. The van der Waals surface area contributed by atoms with Gasteiger partial charge in [0.25, 0.3) is 0 Å². The highest BCUT2D eigenvalue weighted by molar-refractivity contribution is 6.44. The summed E-state index contributed by atoms with van der Waals surface area (Å²) in [5.74, 6) is 0.709. The Balaban J connectivity index is 0. The van der Waals surface area contributed by atoms with E-state index in [1.165, 1.54) is 0 Å². The Morgan fingerprint density at radius 3 is 2.09 bits per heavy atom. The third-order valence-electron chi connectivity index (χ3n) is 0.806. The van der Waals surface area contributed by atoms with E-state index in [1.807, 2.05) is 0 Å². The first-order chi connectivity index (χ1) is 5.18. The predicted molar refractivity (Wildman–Crippen MR) is 48.5 cm³/mol. The topological polar surface area (TPSA) is 40.9 Å². The van der Waals surface area contributed by atoms with Gasteiger partial charge < -0.3 is 0 Å². The molecule has 0 fully saturated rings. The molecule has 0 aromatic carbocycles. The van der Waals surface area contributed by atoms with E-state index in [0.717, 1.165) is 25.3 Å². The van der Waals surface area contributed by atoms with Crippen LogP contribution in [0.2, 0.25) is 0 Å². The Morgan fingerprint density at radius 2 is 1.82 bits per heavy atom. The lowest BCUT2D eigenvalue weighted by Crippen LogP contribution is -1.86. The molecule has 0 bridgehead atoms. The second kappa shape index (κ2) is 12.9. The predicted octanol–water partition coefficient (Wildman–Crippen LogP) is 3.10. The Kier molecular flexibility index (Phi) is 16.2. The summed E-state index contributed by atoms with van der Waals surface area (Å²) < 4.78 is 0. The monoisotopic (exact) mass is 217 g/mol. The van der Waals surface area contributed by atoms with E-state index in [0.29, 0.717) is 5.88 Å². The van der Waals surface area contributed by atoms with Gasteiger partial charge in [-0.1, -0.05) is 0 Å². The largest absolute Gasteiger partial charge is 0.231 e. The van der Waals surface area contributed by atoms with Crippen LogP contribution in [0.4, 0.5) is 0 Å². The first-order valence-corrected chi connectivity index (χ1v) is 4.47. The van der Waals surface area contributed by atoms with Gasteiger partial charge in [-0.2, -0.15) is 0 Å². The van der Waals surface area contributed by atoms with Gasteiger partial charge in [-0.05, 0) is 19.3 Å². The second-order valence-corrected chi connectivity index (χ2v) is 3.33. The van der Waals surface area contributed by atoms with Gasteiger partial charge in [-0.15, -0.1) is 34.8 Å². The van der Waals surface area contributed by atoms with Crippen molar-refractivity contribution in [3.05, 3.63) is 0 Å². The van der Waals surface area contributed by atoms with Crippen molar-refractivity contribution in [3.63, 3.8) is 0 Å². The quantitative estimate of drug-likeness (QED) is 0.335. The zero-order chi connectivity index (χ0) is 9.11. The van der Waals surface area contributed by atoms with Crippen molar-refractivity contribution in [3.8, 4) is 0 Å². The van der Waals surface area contributed by atoms with Crippen molar-refractivity contribution < 1.29 is 4.79 Å². The maximum atomic E-state index is 8.35. The van der Waals surface area contributed by atoms with Crippen molar-refractivity contribution in [1.29, 1.82) is 5.41 Å². The van der Waals surface area contributed by atoms with Crippen molar-refractivity contribution in [2.45, 2.75) is 24.1 Å². The molecular formula is C6H10Cl3NO. The number of hydrogen-bond acceptors (Lipinski definition) is 2. The zero-order valence-electron chi connectivity index (χ0n) is 5.95. The van der Waals surface area contributed by atoms with Crippen LogP contribution in [0.15, 0.2) is 0 Å². The Morgan fingerprint density at radius 1 is 1.36 bits per heavy atom. The van der Waals surface area contributed by atoms with Crippen molar-refractivity contribution in [2.24, 2.45) is 0 Å². The van der Waals surface area contributed by atoms with Gasteiger partial charge in [-0.25, -0.2) is 10.2 Å². The van der Waals surface area contributed by atoms with Gasteiger partial charge in [0.1, 0.15) is 4.84 Å². The molecule has 11 heavy (non-hydrogen) atoms. The van der Waals surface area contributed by atoms with Gasteiger partial charge in [0.15, 0.2) is 0 Å². The number of carbonyl (C=O) groups excluding carboxylic acids is 1. The maximum Gasteiger partial charge on any atom is 0.231 e. The molecule has 0 saturated carbocycles. The number of hydrogen-bond donors (Lipinski definition) is 1. The van der Waals surface area contributed by atoms with Crippen LogP contribution < -0.4 is 0 Å². The lowest BCUT2D eigenvalue weighted by molar-refractivity contribution is 0.563. The number of halogens is 3. The summed E-state index contributed by atoms with van der Waals surface area (Å²) >= 11 is 16.3. The summed E-state index contributed by atoms with van der Waals surface area (Å²) in [5.41, 5.74) is 0. The van der Waals surface area contributed by atoms with Crippen LogP contribution in [-0.4, -0.2) is 16.8 Å². The van der Waals surface area contributed by atoms with Crippen LogP contribution >= 0.6 is 34.8 Å². The van der Waals surface area contributed by atoms with Gasteiger partial charge in [-0.3, -0.25) is 0 Å². The van der Waals surface area contributed by atoms with Crippen LogP contribution in [0.25, 0.3) is 0 Å². The first kappa shape index (κ1) is 13.8. The fourth-order valence-electron chi connectivity index (χ4n) is 0.393. The fraction of sp³-hybridized carbons (Fsp3) is 0.833. The van der Waals surface area contributed by atoms with Crippen LogP contribution in [0.3, 0.4) is 0 Å². The molecule has 0 aliphatic rings. The third-order valence-corrected chi connectivity index (χ3v) is 1.51. The van der Waals surface area contributed by atoms with E-state index in [2.05, 4.69) is 0 Å². The lowest BCUT2D eigenvalue weighted by atomic mass is 10.3. The molecule has 0 aromatic rings. The van der Waals surface area contributed by atoms with Crippen molar-refractivity contribution >= 4 is 40.9 Å². The van der Waals surface area contributed by atoms with Crippen LogP contribution in [0.1, 0.15) is 19.3 Å². The highest BCUT2D eigenvalue weighted by atomic mass is 35.5. The molecule has 0 rings (SSSR count). The highest BCUT2D eigenvalue weighted by Crippen LogP contribution is 2.10. The third kappa shape index (κ3) is 25.3. The minimum absolute atomic E-state index is 0.210. The van der Waals surface area contributed by atoms with Crippen molar-refractivity contribution in [1.82, 2.24) is 0 Å². The highest BCUT2D eigenvalue weighted by Gasteiger charge is 1.95. The van der Waals surface area contributed by atoms with E-state index in [-0.39, 0.29) is 4.84 Å². The fourth-order valence-corrected chi connectivity index (χ4v) is 0.891. The van der Waals surface area contributed by atoms with E-state index in [1.54, 1.807) is 0 Å². The number of isocyanates is 1. The van der Waals surface area contributed by atoms with E-state index in [9.17, 15) is 0 Å². The molecule has 0 spiro atoms. The van der Waals surface area contributed by atoms with Gasteiger partial charge >= 0.3 is 0 Å². The molecule has 5 heteroatoms. The van der Waals surface area contributed by atoms with Crippen LogP contribution in [-0.2, 0) is 4.79 Å². The standard InChI is InChI=1S/C5H9Cl3.CHNO/c6-4-2-1-3-5(7)8;2-1-3/h5H,1-4H2;2H. The molecule has 66 valence electrons. The van der Waals surface area contributed by atoms with Gasteiger partial charge in [0, 0.05) is 5.88 Å². The summed E-state index contributed by atoms with van der Waals surface area (Å²) in [5, 5.41) is 5.40. The summed E-state index contributed by atoms with van der Waals surface area (Å²) in [6.45, 7) is 0. The number of rotatable bonds is 4. The average Bonchev–Trinajstić information content (AvgIpc) is 1.89. The van der Waals surface area contributed by atoms with Gasteiger partial charge in [0.05, 0.1) is 0 Å². The SMILES string of the molecule is ClCCCCC(Cl)Cl.N=C=O. The molecule has 0 aliphatic carbocycles. The molecule has 0 amide bonds.